The zero-order chi connectivity index (χ0) is 9.97. The number of aromatic amines is 1. The summed E-state index contributed by atoms with van der Waals surface area (Å²) in [6.07, 6.45) is 0. The van der Waals surface area contributed by atoms with Gasteiger partial charge in [-0.2, -0.15) is 0 Å². The van der Waals surface area contributed by atoms with E-state index in [1.54, 1.807) is 12.1 Å². The Balaban J connectivity index is 2.38. The maximum absolute atomic E-state index is 10.7. The van der Waals surface area contributed by atoms with Crippen molar-refractivity contribution in [3.8, 4) is 11.5 Å². The lowest BCUT2D eigenvalue weighted by molar-refractivity contribution is 0.527. The molecule has 0 saturated heterocycles. The monoisotopic (exact) mass is 191 g/mol. The number of rotatable bonds is 2. The van der Waals surface area contributed by atoms with E-state index < -0.39 is 5.76 Å². The van der Waals surface area contributed by atoms with Crippen molar-refractivity contribution in [1.82, 2.24) is 10.2 Å². The van der Waals surface area contributed by atoms with Crippen LogP contribution in [0.3, 0.4) is 0 Å². The lowest BCUT2D eigenvalue weighted by atomic mass is 10.1. The third-order valence-electron chi connectivity index (χ3n) is 1.87. The Bertz CT molecular complexity index is 469. The first-order valence-corrected chi connectivity index (χ1v) is 4.14. The normalized spacial score (nSPS) is 10.4. The Labute approximate surface area is 79.6 Å². The molecule has 5 nitrogen and oxygen atoms in total. The first kappa shape index (κ1) is 8.71. The summed E-state index contributed by atoms with van der Waals surface area (Å²) >= 11 is 0. The molecule has 2 rings (SSSR count). The summed E-state index contributed by atoms with van der Waals surface area (Å²) in [5.41, 5.74) is 7.22. The third-order valence-corrected chi connectivity index (χ3v) is 1.87. The van der Waals surface area contributed by atoms with Gasteiger partial charge in [-0.05, 0) is 17.7 Å². The van der Waals surface area contributed by atoms with Gasteiger partial charge in [0.15, 0.2) is 0 Å². The van der Waals surface area contributed by atoms with Gasteiger partial charge in [0.1, 0.15) is 0 Å². The van der Waals surface area contributed by atoms with Crippen LogP contribution in [0.5, 0.6) is 0 Å². The Morgan fingerprint density at radius 3 is 2.57 bits per heavy atom. The molecule has 72 valence electrons. The fraction of sp³-hybridized carbons (Fsp3) is 0.111. The molecule has 0 aliphatic heterocycles. The first-order chi connectivity index (χ1) is 6.79. The van der Waals surface area contributed by atoms with Gasteiger partial charge >= 0.3 is 5.76 Å². The van der Waals surface area contributed by atoms with Crippen LogP contribution in [0.1, 0.15) is 5.56 Å². The van der Waals surface area contributed by atoms with Crippen LogP contribution in [-0.2, 0) is 6.54 Å². The summed E-state index contributed by atoms with van der Waals surface area (Å²) < 4.78 is 4.79. The number of hydrogen-bond acceptors (Lipinski definition) is 4. The lowest BCUT2D eigenvalue weighted by Crippen LogP contribution is -1.95. The van der Waals surface area contributed by atoms with Crippen molar-refractivity contribution in [1.29, 1.82) is 0 Å². The fourth-order valence-corrected chi connectivity index (χ4v) is 1.14. The van der Waals surface area contributed by atoms with Gasteiger partial charge in [0.2, 0.25) is 5.89 Å². The highest BCUT2D eigenvalue weighted by atomic mass is 16.4. The Morgan fingerprint density at radius 1 is 1.36 bits per heavy atom. The standard InChI is InChI=1S/C9H9N3O2/c10-5-6-1-3-7(4-2-6)8-11-12-9(13)14-8/h1-4H,5,10H2,(H,12,13). The topological polar surface area (TPSA) is 84.9 Å². The predicted octanol–water partition coefficient (Wildman–Crippen LogP) is 0.489. The largest absolute Gasteiger partial charge is 0.434 e. The summed E-state index contributed by atoms with van der Waals surface area (Å²) in [6, 6.07) is 7.34. The number of H-pyrrole nitrogens is 1. The molecule has 0 unspecified atom stereocenters. The maximum Gasteiger partial charge on any atom is 0.434 e. The van der Waals surface area contributed by atoms with Crippen LogP contribution in [0.25, 0.3) is 11.5 Å². The van der Waals surface area contributed by atoms with Crippen molar-refractivity contribution in [3.05, 3.63) is 40.4 Å². The second-order valence-electron chi connectivity index (χ2n) is 2.82. The van der Waals surface area contributed by atoms with E-state index in [1.165, 1.54) is 0 Å². The molecule has 2 aromatic rings. The van der Waals surface area contributed by atoms with Crippen molar-refractivity contribution in [2.45, 2.75) is 6.54 Å². The zero-order valence-electron chi connectivity index (χ0n) is 7.36. The molecule has 0 atom stereocenters. The summed E-state index contributed by atoms with van der Waals surface area (Å²) in [5, 5.41) is 5.90. The predicted molar refractivity (Wildman–Crippen MR) is 50.5 cm³/mol. The van der Waals surface area contributed by atoms with Crippen molar-refractivity contribution < 1.29 is 4.42 Å². The summed E-state index contributed by atoms with van der Waals surface area (Å²) in [6.45, 7) is 0.491. The molecular formula is C9H9N3O2. The van der Waals surface area contributed by atoms with E-state index in [9.17, 15) is 4.79 Å². The SMILES string of the molecule is NCc1ccc(-c2n[nH]c(=O)o2)cc1. The van der Waals surface area contributed by atoms with Crippen molar-refractivity contribution >= 4 is 0 Å². The quantitative estimate of drug-likeness (QED) is 0.723. The van der Waals surface area contributed by atoms with Crippen LogP contribution in [0, 0.1) is 0 Å². The molecule has 1 heterocycles. The molecule has 0 spiro atoms. The highest BCUT2D eigenvalue weighted by molar-refractivity contribution is 5.52. The van der Waals surface area contributed by atoms with Gasteiger partial charge in [-0.25, -0.2) is 9.89 Å². The number of aromatic nitrogens is 2. The molecule has 14 heavy (non-hydrogen) atoms. The molecule has 0 aliphatic rings. The summed E-state index contributed by atoms with van der Waals surface area (Å²) in [7, 11) is 0. The van der Waals surface area contributed by atoms with Gasteiger partial charge in [0.05, 0.1) is 0 Å². The van der Waals surface area contributed by atoms with E-state index >= 15 is 0 Å². The van der Waals surface area contributed by atoms with Crippen LogP contribution >= 0.6 is 0 Å². The van der Waals surface area contributed by atoms with E-state index in [0.717, 1.165) is 11.1 Å². The van der Waals surface area contributed by atoms with E-state index in [1.807, 2.05) is 12.1 Å². The van der Waals surface area contributed by atoms with Crippen LogP contribution in [0.2, 0.25) is 0 Å². The van der Waals surface area contributed by atoms with Gasteiger partial charge in [0.25, 0.3) is 0 Å². The smallest absolute Gasteiger partial charge is 0.388 e. The van der Waals surface area contributed by atoms with Crippen LogP contribution in [0.4, 0.5) is 0 Å². The molecule has 0 bridgehead atoms. The minimum Gasteiger partial charge on any atom is -0.388 e. The average molecular weight is 191 g/mol. The lowest BCUT2D eigenvalue weighted by Gasteiger charge is -1.96. The molecule has 0 radical (unpaired) electrons. The minimum atomic E-state index is -0.553. The summed E-state index contributed by atoms with van der Waals surface area (Å²) in [5.74, 6) is -0.263. The highest BCUT2D eigenvalue weighted by Gasteiger charge is 2.03. The molecule has 5 heteroatoms. The molecular weight excluding hydrogens is 182 g/mol. The van der Waals surface area contributed by atoms with Gasteiger partial charge in [-0.3, -0.25) is 0 Å². The number of hydrogen-bond donors (Lipinski definition) is 2. The highest BCUT2D eigenvalue weighted by Crippen LogP contribution is 2.14. The minimum absolute atomic E-state index is 0.290. The number of nitrogens with one attached hydrogen (secondary N) is 1. The Hall–Kier alpha value is -1.88. The second-order valence-corrected chi connectivity index (χ2v) is 2.82. The molecule has 0 fully saturated rings. The molecule has 0 saturated carbocycles. The van der Waals surface area contributed by atoms with E-state index in [-0.39, 0.29) is 0 Å². The van der Waals surface area contributed by atoms with Gasteiger partial charge in [0, 0.05) is 12.1 Å². The van der Waals surface area contributed by atoms with Gasteiger partial charge in [-0.15, -0.1) is 5.10 Å². The number of nitrogens with zero attached hydrogens (tertiary/aromatic N) is 1. The molecule has 1 aromatic heterocycles. The van der Waals surface area contributed by atoms with Crippen molar-refractivity contribution in [2.75, 3.05) is 0 Å². The molecule has 1 aromatic carbocycles. The van der Waals surface area contributed by atoms with Crippen LogP contribution < -0.4 is 11.5 Å². The molecule has 3 N–H and O–H groups in total. The van der Waals surface area contributed by atoms with Crippen molar-refractivity contribution in [3.63, 3.8) is 0 Å². The van der Waals surface area contributed by atoms with E-state index in [4.69, 9.17) is 10.2 Å². The summed E-state index contributed by atoms with van der Waals surface area (Å²) in [4.78, 5) is 10.7. The average Bonchev–Trinajstić information content (AvgIpc) is 2.65. The zero-order valence-corrected chi connectivity index (χ0v) is 7.36. The Morgan fingerprint density at radius 2 is 2.07 bits per heavy atom. The van der Waals surface area contributed by atoms with Crippen molar-refractivity contribution in [2.24, 2.45) is 5.73 Å². The number of nitrogens with two attached hydrogens (primary N) is 1. The second kappa shape index (κ2) is 3.47. The fourth-order valence-electron chi connectivity index (χ4n) is 1.14. The third kappa shape index (κ3) is 1.57. The van der Waals surface area contributed by atoms with Gasteiger partial charge < -0.3 is 10.2 Å². The Kier molecular flexibility index (Phi) is 2.16. The first-order valence-electron chi connectivity index (χ1n) is 4.14. The molecule has 0 amide bonds. The molecule has 0 aliphatic carbocycles. The van der Waals surface area contributed by atoms with E-state index in [2.05, 4.69) is 10.2 Å². The maximum atomic E-state index is 10.7. The van der Waals surface area contributed by atoms with Gasteiger partial charge in [-0.1, -0.05) is 12.1 Å². The number of benzene rings is 1. The van der Waals surface area contributed by atoms with Crippen LogP contribution in [0.15, 0.2) is 33.5 Å². The van der Waals surface area contributed by atoms with E-state index in [0.29, 0.717) is 12.4 Å². The van der Waals surface area contributed by atoms with Crippen LogP contribution in [-0.4, -0.2) is 10.2 Å².